The molecule has 50 valence electrons. The number of hydrogen-bond acceptors (Lipinski definition) is 2. The van der Waals surface area contributed by atoms with E-state index in [2.05, 4.69) is 9.97 Å². The molecule has 4 nitrogen and oxygen atoms in total. The van der Waals surface area contributed by atoms with E-state index in [0.29, 0.717) is 5.78 Å². The lowest BCUT2D eigenvalue weighted by atomic mass is 10.6. The minimum absolute atomic E-state index is 0.0637. The van der Waals surface area contributed by atoms with Crippen molar-refractivity contribution in [2.45, 2.75) is 0 Å². The van der Waals surface area contributed by atoms with Crippen LogP contribution in [0.1, 0.15) is 0 Å². The van der Waals surface area contributed by atoms with Gasteiger partial charge in [0.05, 0.1) is 0 Å². The van der Waals surface area contributed by atoms with Gasteiger partial charge in [0.2, 0.25) is 5.78 Å². The fraction of sp³-hybridized carbons (Fsp3) is 0. The number of aromatic nitrogens is 3. The van der Waals surface area contributed by atoms with Gasteiger partial charge in [-0.25, -0.2) is 4.98 Å². The van der Waals surface area contributed by atoms with Crippen molar-refractivity contribution in [3.05, 3.63) is 35.0 Å². The van der Waals surface area contributed by atoms with E-state index in [4.69, 9.17) is 0 Å². The smallest absolute Gasteiger partial charge is 0.258 e. The highest BCUT2D eigenvalue weighted by Gasteiger charge is 1.92. The molecular formula is C6H5N3O. The third-order valence-corrected chi connectivity index (χ3v) is 1.32. The zero-order chi connectivity index (χ0) is 6.97. The quantitative estimate of drug-likeness (QED) is 0.553. The normalized spacial score (nSPS) is 10.4. The van der Waals surface area contributed by atoms with Gasteiger partial charge in [-0.3, -0.25) is 9.20 Å². The van der Waals surface area contributed by atoms with Gasteiger partial charge in [-0.05, 0) is 0 Å². The van der Waals surface area contributed by atoms with Gasteiger partial charge < -0.3 is 4.98 Å². The lowest BCUT2D eigenvalue weighted by Crippen LogP contribution is -2.09. The lowest BCUT2D eigenvalue weighted by Gasteiger charge is -1.86. The Morgan fingerprint density at radius 1 is 1.60 bits per heavy atom. The molecule has 0 aromatic carbocycles. The molecule has 2 aromatic heterocycles. The number of nitrogens with zero attached hydrogens (tertiary/aromatic N) is 2. The number of aromatic amines is 1. The molecule has 2 aromatic rings. The maximum Gasteiger partial charge on any atom is 0.258 e. The third-order valence-electron chi connectivity index (χ3n) is 1.32. The monoisotopic (exact) mass is 135 g/mol. The van der Waals surface area contributed by atoms with E-state index in [1.54, 1.807) is 12.4 Å². The van der Waals surface area contributed by atoms with Gasteiger partial charge in [0, 0.05) is 24.7 Å². The van der Waals surface area contributed by atoms with Crippen molar-refractivity contribution in [2.75, 3.05) is 0 Å². The summed E-state index contributed by atoms with van der Waals surface area (Å²) in [4.78, 5) is 17.7. The molecule has 0 fully saturated rings. The first-order valence-corrected chi connectivity index (χ1v) is 2.89. The van der Waals surface area contributed by atoms with Crippen molar-refractivity contribution >= 4 is 5.78 Å². The molecule has 0 aliphatic carbocycles. The Bertz CT molecular complexity index is 400. The van der Waals surface area contributed by atoms with Crippen LogP contribution in [0.2, 0.25) is 0 Å². The molecule has 0 aliphatic heterocycles. The van der Waals surface area contributed by atoms with E-state index in [0.717, 1.165) is 0 Å². The fourth-order valence-electron chi connectivity index (χ4n) is 0.856. The van der Waals surface area contributed by atoms with Crippen molar-refractivity contribution in [3.63, 3.8) is 0 Å². The average Bonchev–Trinajstić information content (AvgIpc) is 2.36. The summed E-state index contributed by atoms with van der Waals surface area (Å²) in [7, 11) is 0. The highest BCUT2D eigenvalue weighted by atomic mass is 16.1. The third kappa shape index (κ3) is 0.556. The van der Waals surface area contributed by atoms with Crippen LogP contribution in [0.25, 0.3) is 5.78 Å². The number of fused-ring (bicyclic) bond motifs is 1. The lowest BCUT2D eigenvalue weighted by molar-refractivity contribution is 1.05. The van der Waals surface area contributed by atoms with E-state index < -0.39 is 0 Å². The SMILES string of the molecule is O=c1ccnc2[nH]ccn12. The van der Waals surface area contributed by atoms with Crippen LogP contribution < -0.4 is 5.56 Å². The molecule has 0 bridgehead atoms. The average molecular weight is 135 g/mol. The van der Waals surface area contributed by atoms with Crippen LogP contribution in [0.5, 0.6) is 0 Å². The van der Waals surface area contributed by atoms with Crippen LogP contribution in [0, 0.1) is 0 Å². The Balaban J connectivity index is 3.09. The van der Waals surface area contributed by atoms with Crippen LogP contribution in [-0.2, 0) is 0 Å². The first-order chi connectivity index (χ1) is 4.88. The summed E-state index contributed by atoms with van der Waals surface area (Å²) < 4.78 is 1.44. The van der Waals surface area contributed by atoms with Gasteiger partial charge in [0.1, 0.15) is 0 Å². The first-order valence-electron chi connectivity index (χ1n) is 2.89. The predicted octanol–water partition coefficient (Wildman–Crippen LogP) is 0.0226. The predicted molar refractivity (Wildman–Crippen MR) is 35.8 cm³/mol. The summed E-state index contributed by atoms with van der Waals surface area (Å²) >= 11 is 0. The van der Waals surface area contributed by atoms with Crippen LogP contribution in [0.4, 0.5) is 0 Å². The summed E-state index contributed by atoms with van der Waals surface area (Å²) in [5.41, 5.74) is -0.0637. The Morgan fingerprint density at radius 3 is 3.30 bits per heavy atom. The summed E-state index contributed by atoms with van der Waals surface area (Å²) in [5, 5.41) is 0. The molecule has 0 amide bonds. The van der Waals surface area contributed by atoms with E-state index in [-0.39, 0.29) is 5.56 Å². The maximum absolute atomic E-state index is 10.9. The molecule has 2 heterocycles. The largest absolute Gasteiger partial charge is 0.330 e. The van der Waals surface area contributed by atoms with E-state index in [1.165, 1.54) is 16.7 Å². The van der Waals surface area contributed by atoms with E-state index >= 15 is 0 Å². The Kier molecular flexibility index (Phi) is 0.887. The molecule has 0 atom stereocenters. The summed E-state index contributed by atoms with van der Waals surface area (Å²) in [5.74, 6) is 0.576. The number of imidazole rings is 1. The fourth-order valence-corrected chi connectivity index (χ4v) is 0.856. The highest BCUT2D eigenvalue weighted by molar-refractivity contribution is 5.25. The van der Waals surface area contributed by atoms with Gasteiger partial charge in [0.15, 0.2) is 0 Å². The molecular weight excluding hydrogens is 130 g/mol. The van der Waals surface area contributed by atoms with E-state index in [1.807, 2.05) is 0 Å². The number of hydrogen-bond donors (Lipinski definition) is 1. The highest BCUT2D eigenvalue weighted by Crippen LogP contribution is 1.87. The number of rotatable bonds is 0. The second-order valence-electron chi connectivity index (χ2n) is 1.94. The van der Waals surface area contributed by atoms with Crippen LogP contribution in [0.3, 0.4) is 0 Å². The maximum atomic E-state index is 10.9. The first kappa shape index (κ1) is 5.22. The molecule has 0 saturated carbocycles. The van der Waals surface area contributed by atoms with Crippen LogP contribution in [0.15, 0.2) is 29.5 Å². The Hall–Kier alpha value is -1.58. The molecule has 2 rings (SSSR count). The number of H-pyrrole nitrogens is 1. The van der Waals surface area contributed by atoms with Crippen molar-refractivity contribution in [1.29, 1.82) is 0 Å². The van der Waals surface area contributed by atoms with E-state index in [9.17, 15) is 4.79 Å². The molecule has 0 aliphatic rings. The second kappa shape index (κ2) is 1.70. The molecule has 0 unspecified atom stereocenters. The minimum Gasteiger partial charge on any atom is -0.330 e. The molecule has 4 heteroatoms. The summed E-state index contributed by atoms with van der Waals surface area (Å²) in [6.45, 7) is 0. The zero-order valence-electron chi connectivity index (χ0n) is 5.11. The van der Waals surface area contributed by atoms with Gasteiger partial charge in [-0.2, -0.15) is 0 Å². The minimum atomic E-state index is -0.0637. The molecule has 10 heavy (non-hydrogen) atoms. The topological polar surface area (TPSA) is 50.2 Å². The summed E-state index contributed by atoms with van der Waals surface area (Å²) in [6, 6.07) is 1.42. The molecule has 0 radical (unpaired) electrons. The van der Waals surface area contributed by atoms with Crippen molar-refractivity contribution in [3.8, 4) is 0 Å². The van der Waals surface area contributed by atoms with Crippen LogP contribution in [-0.4, -0.2) is 14.4 Å². The number of nitrogens with one attached hydrogen (secondary N) is 1. The van der Waals surface area contributed by atoms with Gasteiger partial charge in [0.25, 0.3) is 5.56 Å². The van der Waals surface area contributed by atoms with Gasteiger partial charge in [-0.15, -0.1) is 0 Å². The van der Waals surface area contributed by atoms with Gasteiger partial charge in [-0.1, -0.05) is 0 Å². The van der Waals surface area contributed by atoms with Crippen molar-refractivity contribution in [1.82, 2.24) is 14.4 Å². The van der Waals surface area contributed by atoms with Crippen molar-refractivity contribution in [2.24, 2.45) is 0 Å². The molecule has 0 saturated heterocycles. The van der Waals surface area contributed by atoms with Crippen molar-refractivity contribution < 1.29 is 0 Å². The summed E-state index contributed by atoms with van der Waals surface area (Å²) in [6.07, 6.45) is 4.79. The second-order valence-corrected chi connectivity index (χ2v) is 1.94. The van der Waals surface area contributed by atoms with Gasteiger partial charge >= 0.3 is 0 Å². The zero-order valence-corrected chi connectivity index (χ0v) is 5.11. The van der Waals surface area contributed by atoms with Crippen LogP contribution >= 0.6 is 0 Å². The standard InChI is InChI=1S/C6H5N3O/c10-5-1-2-7-6-8-3-4-9(5)6/h1-4H,(H,7,8). The Labute approximate surface area is 56.2 Å². The Morgan fingerprint density at radius 2 is 2.50 bits per heavy atom. The molecule has 0 spiro atoms. The molecule has 1 N–H and O–H groups in total.